The van der Waals surface area contributed by atoms with Crippen LogP contribution in [0.3, 0.4) is 0 Å². The van der Waals surface area contributed by atoms with Gasteiger partial charge in [-0.15, -0.1) is 0 Å². The molecule has 1 heterocycles. The lowest BCUT2D eigenvalue weighted by molar-refractivity contribution is 0.182. The summed E-state index contributed by atoms with van der Waals surface area (Å²) in [6.45, 7) is 5.95. The van der Waals surface area contributed by atoms with E-state index in [1.165, 1.54) is 0 Å². The van der Waals surface area contributed by atoms with Gasteiger partial charge in [0, 0.05) is 11.6 Å². The first kappa shape index (κ1) is 19.8. The van der Waals surface area contributed by atoms with Gasteiger partial charge in [0.25, 0.3) is 0 Å². The van der Waals surface area contributed by atoms with E-state index in [9.17, 15) is 5.11 Å². The Hall–Kier alpha value is -2.98. The minimum Gasteiger partial charge on any atom is -0.489 e. The number of aromatic nitrogens is 2. The van der Waals surface area contributed by atoms with Crippen molar-refractivity contribution in [3.05, 3.63) is 73.0 Å². The van der Waals surface area contributed by atoms with E-state index < -0.39 is 0 Å². The first-order chi connectivity index (χ1) is 13.7. The van der Waals surface area contributed by atoms with Gasteiger partial charge in [-0.3, -0.25) is 4.98 Å². The first-order valence-corrected chi connectivity index (χ1v) is 9.61. The molecule has 0 spiro atoms. The fraction of sp³-hybridized carbons (Fsp3) is 0.250. The Kier molecular flexibility index (Phi) is 6.93. The standard InChI is InChI=1S/C24H26N2O2/c1-3-15-28-21-13-14-22-23(16-21)25-17-24(26-22)20-11-9-19(10-12-20)8-6-4-5-7-18(2)27/h3,6,8-14,16-18,27H,1,4-5,7,15H2,2H3/b8-6+. The molecule has 0 bridgehead atoms. The Morgan fingerprint density at radius 3 is 2.71 bits per heavy atom. The fourth-order valence-electron chi connectivity index (χ4n) is 2.89. The maximum absolute atomic E-state index is 9.28. The van der Waals surface area contributed by atoms with E-state index in [4.69, 9.17) is 9.72 Å². The monoisotopic (exact) mass is 374 g/mol. The van der Waals surface area contributed by atoms with Gasteiger partial charge in [0.15, 0.2) is 0 Å². The topological polar surface area (TPSA) is 55.2 Å². The van der Waals surface area contributed by atoms with E-state index in [0.717, 1.165) is 52.9 Å². The van der Waals surface area contributed by atoms with Crippen molar-refractivity contribution < 1.29 is 9.84 Å². The van der Waals surface area contributed by atoms with Crippen LogP contribution in [0.2, 0.25) is 0 Å². The van der Waals surface area contributed by atoms with Gasteiger partial charge in [0.2, 0.25) is 0 Å². The molecule has 1 aromatic heterocycles. The van der Waals surface area contributed by atoms with Crippen LogP contribution < -0.4 is 4.74 Å². The van der Waals surface area contributed by atoms with Crippen LogP contribution in [0.15, 0.2) is 67.4 Å². The van der Waals surface area contributed by atoms with Crippen molar-refractivity contribution in [3.8, 4) is 17.0 Å². The quantitative estimate of drug-likeness (QED) is 0.401. The number of aliphatic hydroxyl groups excluding tert-OH is 1. The van der Waals surface area contributed by atoms with Crippen molar-refractivity contribution in [2.45, 2.75) is 32.3 Å². The maximum Gasteiger partial charge on any atom is 0.122 e. The summed E-state index contributed by atoms with van der Waals surface area (Å²) in [5, 5.41) is 9.28. The van der Waals surface area contributed by atoms with Crippen molar-refractivity contribution in [1.82, 2.24) is 9.97 Å². The van der Waals surface area contributed by atoms with Crippen LogP contribution in [-0.2, 0) is 0 Å². The molecule has 0 saturated heterocycles. The third-order valence-electron chi connectivity index (χ3n) is 4.39. The van der Waals surface area contributed by atoms with Crippen molar-refractivity contribution in [2.75, 3.05) is 6.61 Å². The number of benzene rings is 2. The Labute approximate surface area is 166 Å². The lowest BCUT2D eigenvalue weighted by atomic mass is 10.1. The molecular weight excluding hydrogens is 348 g/mol. The summed E-state index contributed by atoms with van der Waals surface area (Å²) in [5.74, 6) is 0.763. The molecule has 1 unspecified atom stereocenters. The molecule has 0 aliphatic carbocycles. The van der Waals surface area contributed by atoms with Crippen molar-refractivity contribution in [2.24, 2.45) is 0 Å². The molecule has 0 radical (unpaired) electrons. The molecule has 0 aliphatic heterocycles. The van der Waals surface area contributed by atoms with Crippen LogP contribution in [0.1, 0.15) is 31.7 Å². The minimum atomic E-state index is -0.220. The zero-order chi connectivity index (χ0) is 19.8. The van der Waals surface area contributed by atoms with E-state index >= 15 is 0 Å². The fourth-order valence-corrected chi connectivity index (χ4v) is 2.89. The van der Waals surface area contributed by atoms with Gasteiger partial charge in [-0.05, 0) is 43.9 Å². The molecule has 3 rings (SSSR count). The van der Waals surface area contributed by atoms with Gasteiger partial charge in [0.05, 0.1) is 29.0 Å². The van der Waals surface area contributed by atoms with E-state index in [1.54, 1.807) is 12.3 Å². The molecule has 144 valence electrons. The summed E-state index contributed by atoms with van der Waals surface area (Å²) < 4.78 is 5.55. The number of fused-ring (bicyclic) bond motifs is 1. The third-order valence-corrected chi connectivity index (χ3v) is 4.39. The van der Waals surface area contributed by atoms with Gasteiger partial charge in [-0.25, -0.2) is 4.98 Å². The average molecular weight is 374 g/mol. The average Bonchev–Trinajstić information content (AvgIpc) is 2.71. The SMILES string of the molecule is C=CCOc1ccc2nc(-c3ccc(/C=C/CCCC(C)O)cc3)cnc2c1. The van der Waals surface area contributed by atoms with E-state index in [1.807, 2.05) is 25.1 Å². The van der Waals surface area contributed by atoms with Crippen LogP contribution >= 0.6 is 0 Å². The summed E-state index contributed by atoms with van der Waals surface area (Å²) >= 11 is 0. The second-order valence-electron chi connectivity index (χ2n) is 6.81. The molecule has 28 heavy (non-hydrogen) atoms. The molecular formula is C24H26N2O2. The molecule has 0 amide bonds. The first-order valence-electron chi connectivity index (χ1n) is 9.61. The number of allylic oxidation sites excluding steroid dienone is 1. The van der Waals surface area contributed by atoms with Crippen LogP contribution in [-0.4, -0.2) is 27.8 Å². The predicted octanol–water partition coefficient (Wildman–Crippen LogP) is 5.43. The van der Waals surface area contributed by atoms with Gasteiger partial charge >= 0.3 is 0 Å². The number of unbranched alkanes of at least 4 members (excludes halogenated alkanes) is 1. The number of aliphatic hydroxyl groups is 1. The molecule has 1 N–H and O–H groups in total. The Morgan fingerprint density at radius 1 is 1.14 bits per heavy atom. The maximum atomic E-state index is 9.28. The molecule has 1 atom stereocenters. The number of nitrogens with zero attached hydrogens (tertiary/aromatic N) is 2. The number of hydrogen-bond donors (Lipinski definition) is 1. The molecule has 2 aromatic carbocycles. The van der Waals surface area contributed by atoms with Crippen molar-refractivity contribution in [3.63, 3.8) is 0 Å². The zero-order valence-electron chi connectivity index (χ0n) is 16.2. The predicted molar refractivity (Wildman–Crippen MR) is 115 cm³/mol. The number of ether oxygens (including phenoxy) is 1. The Morgan fingerprint density at radius 2 is 1.96 bits per heavy atom. The van der Waals surface area contributed by atoms with Gasteiger partial charge in [0.1, 0.15) is 12.4 Å². The highest BCUT2D eigenvalue weighted by Crippen LogP contribution is 2.23. The van der Waals surface area contributed by atoms with Crippen LogP contribution in [0.4, 0.5) is 0 Å². The van der Waals surface area contributed by atoms with Crippen molar-refractivity contribution in [1.29, 1.82) is 0 Å². The normalized spacial score (nSPS) is 12.4. The second-order valence-corrected chi connectivity index (χ2v) is 6.81. The lowest BCUT2D eigenvalue weighted by Crippen LogP contribution is -1.97. The third kappa shape index (κ3) is 5.51. The molecule has 3 aromatic rings. The van der Waals surface area contributed by atoms with E-state index in [0.29, 0.717) is 6.61 Å². The highest BCUT2D eigenvalue weighted by atomic mass is 16.5. The van der Waals surface area contributed by atoms with Crippen molar-refractivity contribution >= 4 is 17.1 Å². The Balaban J connectivity index is 1.68. The number of rotatable bonds is 9. The highest BCUT2D eigenvalue weighted by molar-refractivity contribution is 5.78. The second kappa shape index (κ2) is 9.81. The largest absolute Gasteiger partial charge is 0.489 e. The van der Waals surface area contributed by atoms with Gasteiger partial charge < -0.3 is 9.84 Å². The summed E-state index contributed by atoms with van der Waals surface area (Å²) in [4.78, 5) is 9.25. The summed E-state index contributed by atoms with van der Waals surface area (Å²) in [6.07, 6.45) is 10.4. The highest BCUT2D eigenvalue weighted by Gasteiger charge is 2.04. The lowest BCUT2D eigenvalue weighted by Gasteiger charge is -2.06. The smallest absolute Gasteiger partial charge is 0.122 e. The molecule has 4 heteroatoms. The minimum absolute atomic E-state index is 0.220. The Bertz CT molecular complexity index is 946. The van der Waals surface area contributed by atoms with Crippen LogP contribution in [0, 0.1) is 0 Å². The van der Waals surface area contributed by atoms with E-state index in [-0.39, 0.29) is 6.10 Å². The summed E-state index contributed by atoms with van der Waals surface area (Å²) in [7, 11) is 0. The van der Waals surface area contributed by atoms with Gasteiger partial charge in [-0.1, -0.05) is 49.1 Å². The molecule has 0 saturated carbocycles. The molecule has 4 nitrogen and oxygen atoms in total. The summed E-state index contributed by atoms with van der Waals surface area (Å²) in [6, 6.07) is 14.0. The van der Waals surface area contributed by atoms with Gasteiger partial charge in [-0.2, -0.15) is 0 Å². The van der Waals surface area contributed by atoms with E-state index in [2.05, 4.69) is 48.0 Å². The van der Waals surface area contributed by atoms with Crippen LogP contribution in [0.25, 0.3) is 28.4 Å². The molecule has 0 aliphatic rings. The number of hydrogen-bond acceptors (Lipinski definition) is 4. The summed E-state index contributed by atoms with van der Waals surface area (Å²) in [5.41, 5.74) is 4.68. The molecule has 0 fully saturated rings. The zero-order valence-corrected chi connectivity index (χ0v) is 16.2. The van der Waals surface area contributed by atoms with Crippen LogP contribution in [0.5, 0.6) is 5.75 Å².